The van der Waals surface area contributed by atoms with Crippen molar-refractivity contribution < 1.29 is 0 Å². The van der Waals surface area contributed by atoms with Gasteiger partial charge in [-0.05, 0) is 46.1 Å². The van der Waals surface area contributed by atoms with Crippen LogP contribution in [0.5, 0.6) is 0 Å². The third-order valence-electron chi connectivity index (χ3n) is 6.19. The summed E-state index contributed by atoms with van der Waals surface area (Å²) in [5.74, 6) is 0. The molecule has 3 aliphatic rings. The van der Waals surface area contributed by atoms with Crippen molar-refractivity contribution in [1.82, 2.24) is 0 Å². The monoisotopic (exact) mass is 400 g/mol. The Hall–Kier alpha value is -3.21. The van der Waals surface area contributed by atoms with Crippen molar-refractivity contribution in [2.24, 2.45) is 0 Å². The topological polar surface area (TPSA) is 0 Å². The normalized spacial score (nSPS) is 21.5. The highest BCUT2D eigenvalue weighted by Crippen LogP contribution is 2.69. The van der Waals surface area contributed by atoms with Crippen molar-refractivity contribution in [3.8, 4) is 0 Å². The van der Waals surface area contributed by atoms with Crippen molar-refractivity contribution in [1.29, 1.82) is 0 Å². The van der Waals surface area contributed by atoms with E-state index in [2.05, 4.69) is 127 Å². The minimum atomic E-state index is -0.599. The van der Waals surface area contributed by atoms with Crippen LogP contribution in [-0.2, 0) is 5.41 Å². The van der Waals surface area contributed by atoms with Crippen molar-refractivity contribution in [2.75, 3.05) is 0 Å². The van der Waals surface area contributed by atoms with Crippen LogP contribution in [0.3, 0.4) is 0 Å². The molecule has 0 N–H and O–H groups in total. The first-order valence-corrected chi connectivity index (χ1v) is 11.7. The summed E-state index contributed by atoms with van der Waals surface area (Å²) >= 11 is 0. The summed E-state index contributed by atoms with van der Waals surface area (Å²) in [4.78, 5) is 0. The van der Waals surface area contributed by atoms with Gasteiger partial charge in [-0.1, -0.05) is 127 Å². The second-order valence-corrected chi connectivity index (χ2v) is 10.00. The quantitative estimate of drug-likeness (QED) is 0.319. The molecule has 2 bridgehead atoms. The Bertz CT molecular complexity index is 1210. The number of benzene rings is 4. The maximum atomic E-state index is 2.54. The van der Waals surface area contributed by atoms with E-state index in [0.29, 0.717) is 0 Å². The lowest BCUT2D eigenvalue weighted by atomic mass is 9.72. The smallest absolute Gasteiger partial charge is 0.0588 e. The van der Waals surface area contributed by atoms with Crippen LogP contribution in [0.4, 0.5) is 0 Å². The summed E-state index contributed by atoms with van der Waals surface area (Å²) in [5.41, 5.74) is 5.18. The first-order chi connectivity index (χ1) is 14.9. The summed E-state index contributed by atoms with van der Waals surface area (Å²) in [6.07, 6.45) is 5.08. The van der Waals surface area contributed by atoms with Crippen LogP contribution in [0.25, 0.3) is 10.6 Å². The Labute approximate surface area is 179 Å². The highest BCUT2D eigenvalue weighted by molar-refractivity contribution is 7.84. The predicted octanol–water partition coefficient (Wildman–Crippen LogP) is 7.19. The third kappa shape index (κ3) is 2.58. The van der Waals surface area contributed by atoms with E-state index in [1.165, 1.54) is 38.2 Å². The highest BCUT2D eigenvalue weighted by Gasteiger charge is 2.45. The molecular weight excluding hydrogens is 379 g/mol. The van der Waals surface area contributed by atoms with Gasteiger partial charge in [-0.25, -0.2) is 0 Å². The molecule has 7 rings (SSSR count). The lowest BCUT2D eigenvalue weighted by Gasteiger charge is -2.46. The van der Waals surface area contributed by atoms with E-state index in [1.807, 2.05) is 0 Å². The molecule has 142 valence electrons. The largest absolute Gasteiger partial charge is 0.0622 e. The molecule has 0 aromatic heterocycles. The minimum absolute atomic E-state index is 0.245. The lowest BCUT2D eigenvalue weighted by Crippen LogP contribution is -2.36. The Morgan fingerprint density at radius 3 is 1.50 bits per heavy atom. The molecule has 0 saturated carbocycles. The van der Waals surface area contributed by atoms with Gasteiger partial charge < -0.3 is 0 Å². The average Bonchev–Trinajstić information content (AvgIpc) is 2.85. The van der Waals surface area contributed by atoms with E-state index in [0.717, 1.165) is 0 Å². The minimum Gasteiger partial charge on any atom is -0.0622 e. The molecular formula is C29H21P. The van der Waals surface area contributed by atoms with Crippen molar-refractivity contribution in [2.45, 2.75) is 5.41 Å². The van der Waals surface area contributed by atoms with Gasteiger partial charge in [-0.3, -0.25) is 0 Å². The molecule has 4 aromatic carbocycles. The van der Waals surface area contributed by atoms with Crippen LogP contribution in [-0.4, -0.2) is 0 Å². The van der Waals surface area contributed by atoms with E-state index in [4.69, 9.17) is 0 Å². The van der Waals surface area contributed by atoms with Gasteiger partial charge in [0.2, 0.25) is 0 Å². The van der Waals surface area contributed by atoms with E-state index >= 15 is 0 Å². The molecule has 0 aliphatic carbocycles. The maximum Gasteiger partial charge on any atom is 0.0588 e. The summed E-state index contributed by atoms with van der Waals surface area (Å²) in [6, 6.07) is 41.9. The Kier molecular flexibility index (Phi) is 4.08. The van der Waals surface area contributed by atoms with Crippen LogP contribution in [0.2, 0.25) is 0 Å². The van der Waals surface area contributed by atoms with Gasteiger partial charge >= 0.3 is 0 Å². The van der Waals surface area contributed by atoms with Crippen LogP contribution in [0.15, 0.2) is 127 Å². The zero-order valence-corrected chi connectivity index (χ0v) is 17.5. The third-order valence-corrected chi connectivity index (χ3v) is 8.80. The predicted molar refractivity (Wildman–Crippen MR) is 129 cm³/mol. The van der Waals surface area contributed by atoms with Crippen molar-refractivity contribution >= 4 is 23.9 Å². The summed E-state index contributed by atoms with van der Waals surface area (Å²) in [6.45, 7) is 0. The molecule has 0 spiro atoms. The molecule has 0 atom stereocenters. The fourth-order valence-corrected chi connectivity index (χ4v) is 7.84. The Morgan fingerprint density at radius 2 is 0.933 bits per heavy atom. The van der Waals surface area contributed by atoms with Gasteiger partial charge in [0, 0.05) is 0 Å². The maximum absolute atomic E-state index is 2.54. The molecule has 1 heteroatoms. The molecule has 0 unspecified atom stereocenters. The van der Waals surface area contributed by atoms with Gasteiger partial charge in [0.1, 0.15) is 0 Å². The molecule has 3 aliphatic heterocycles. The molecule has 0 saturated heterocycles. The molecule has 30 heavy (non-hydrogen) atoms. The van der Waals surface area contributed by atoms with Gasteiger partial charge in [0.25, 0.3) is 0 Å². The van der Waals surface area contributed by atoms with Crippen LogP contribution in [0, 0.1) is 0 Å². The summed E-state index contributed by atoms with van der Waals surface area (Å²) in [7, 11) is -0.599. The van der Waals surface area contributed by atoms with Crippen LogP contribution >= 0.6 is 7.92 Å². The molecule has 0 radical (unpaired) electrons. The standard InChI is InChI=1S/C29H21P/c1-4-12-22(13-5-1)27-20-29(24-16-8-3-9-17-24)21-28(23-14-6-2-7-15-23)30(27)26-19-11-10-18-25(26)29/h1-21H. The van der Waals surface area contributed by atoms with E-state index in [-0.39, 0.29) is 5.41 Å². The number of hydrogen-bond donors (Lipinski definition) is 0. The molecule has 0 fully saturated rings. The number of hydrogen-bond acceptors (Lipinski definition) is 0. The second kappa shape index (κ2) is 6.94. The fourth-order valence-electron chi connectivity index (χ4n) is 4.84. The second-order valence-electron chi connectivity index (χ2n) is 7.88. The molecule has 3 heterocycles. The van der Waals surface area contributed by atoms with E-state index in [1.54, 1.807) is 0 Å². The van der Waals surface area contributed by atoms with Crippen LogP contribution < -0.4 is 5.30 Å². The molecule has 0 amide bonds. The number of allylic oxidation sites excluding steroid dienone is 2. The van der Waals surface area contributed by atoms with Crippen molar-refractivity contribution in [3.05, 3.63) is 150 Å². The van der Waals surface area contributed by atoms with Gasteiger partial charge in [-0.15, -0.1) is 0 Å². The SMILES string of the molecule is C1=C(c2ccccc2)P2C(c3ccccc3)=CC1(c1ccccc1)c1ccccc12. The van der Waals surface area contributed by atoms with E-state index in [9.17, 15) is 0 Å². The molecule has 4 aromatic rings. The summed E-state index contributed by atoms with van der Waals surface area (Å²) < 4.78 is 0. The van der Waals surface area contributed by atoms with Gasteiger partial charge in [0.15, 0.2) is 0 Å². The zero-order valence-electron chi connectivity index (χ0n) is 16.6. The number of rotatable bonds is 3. The van der Waals surface area contributed by atoms with Gasteiger partial charge in [0.05, 0.1) is 5.41 Å². The first-order valence-electron chi connectivity index (χ1n) is 10.4. The average molecular weight is 400 g/mol. The Balaban J connectivity index is 1.70. The van der Waals surface area contributed by atoms with E-state index < -0.39 is 7.92 Å². The highest BCUT2D eigenvalue weighted by atomic mass is 31.1. The molecule has 0 nitrogen and oxygen atoms in total. The first kappa shape index (κ1) is 17.6. The van der Waals surface area contributed by atoms with Gasteiger partial charge in [-0.2, -0.15) is 0 Å². The van der Waals surface area contributed by atoms with Crippen LogP contribution in [0.1, 0.15) is 22.3 Å². The van der Waals surface area contributed by atoms with Crippen molar-refractivity contribution in [3.63, 3.8) is 0 Å². The lowest BCUT2D eigenvalue weighted by molar-refractivity contribution is 0.821. The fraction of sp³-hybridized carbons (Fsp3) is 0.0345. The Morgan fingerprint density at radius 1 is 0.467 bits per heavy atom. The zero-order chi connectivity index (χ0) is 20.0. The summed E-state index contributed by atoms with van der Waals surface area (Å²) in [5, 5.41) is 4.42.